The van der Waals surface area contributed by atoms with Gasteiger partial charge in [0.05, 0.1) is 11.6 Å². The standard InChI is InChI=1S/C11H24N2O2SSi/c1-9(16)13-10(14)12-7-8-15-17(5,6)11(2,3)4/h16H,1,7-8H2,2-6H3,(H2,12,13,14). The average Bonchev–Trinajstić information content (AvgIpc) is 2.09. The first kappa shape index (κ1) is 16.5. The molecule has 0 unspecified atom stereocenters. The average molecular weight is 276 g/mol. The van der Waals surface area contributed by atoms with Crippen LogP contribution >= 0.6 is 12.6 Å². The Labute approximate surface area is 111 Å². The number of thiol groups is 1. The first-order chi connectivity index (χ1) is 7.56. The van der Waals surface area contributed by atoms with Crippen molar-refractivity contribution >= 4 is 27.0 Å². The Balaban J connectivity index is 3.86. The Hall–Kier alpha value is -0.463. The second-order valence-corrected chi connectivity index (χ2v) is 10.8. The van der Waals surface area contributed by atoms with Crippen molar-refractivity contribution in [2.45, 2.75) is 38.9 Å². The molecule has 0 aromatic heterocycles. The summed E-state index contributed by atoms with van der Waals surface area (Å²) in [6, 6.07) is -0.302. The van der Waals surface area contributed by atoms with Crippen molar-refractivity contribution in [1.82, 2.24) is 10.6 Å². The minimum absolute atomic E-state index is 0.189. The molecule has 0 bridgehead atoms. The number of amides is 2. The van der Waals surface area contributed by atoms with Crippen molar-refractivity contribution in [3.05, 3.63) is 11.6 Å². The molecule has 2 N–H and O–H groups in total. The molecule has 17 heavy (non-hydrogen) atoms. The van der Waals surface area contributed by atoms with Gasteiger partial charge in [0.2, 0.25) is 0 Å². The highest BCUT2D eigenvalue weighted by atomic mass is 32.1. The molecule has 0 saturated heterocycles. The summed E-state index contributed by atoms with van der Waals surface area (Å²) in [4.78, 5) is 11.2. The van der Waals surface area contributed by atoms with Crippen LogP contribution in [0.3, 0.4) is 0 Å². The largest absolute Gasteiger partial charge is 0.415 e. The van der Waals surface area contributed by atoms with Gasteiger partial charge in [-0.15, -0.1) is 12.6 Å². The Morgan fingerprint density at radius 2 is 1.94 bits per heavy atom. The quantitative estimate of drug-likeness (QED) is 0.411. The molecule has 0 atom stereocenters. The topological polar surface area (TPSA) is 50.4 Å². The molecule has 0 heterocycles. The smallest absolute Gasteiger partial charge is 0.319 e. The lowest BCUT2D eigenvalue weighted by molar-refractivity contribution is 0.237. The van der Waals surface area contributed by atoms with Crippen molar-refractivity contribution in [2.75, 3.05) is 13.2 Å². The lowest BCUT2D eigenvalue weighted by atomic mass is 10.2. The van der Waals surface area contributed by atoms with E-state index in [-0.39, 0.29) is 11.1 Å². The van der Waals surface area contributed by atoms with E-state index in [0.29, 0.717) is 18.2 Å². The van der Waals surface area contributed by atoms with Gasteiger partial charge in [0.15, 0.2) is 8.32 Å². The first-order valence-corrected chi connectivity index (χ1v) is 8.98. The maximum absolute atomic E-state index is 11.2. The van der Waals surface area contributed by atoms with E-state index in [1.807, 2.05) is 0 Å². The van der Waals surface area contributed by atoms with Crippen LogP contribution in [0.5, 0.6) is 0 Å². The molecule has 0 fully saturated rings. The molecule has 0 aromatic carbocycles. The maximum Gasteiger partial charge on any atom is 0.319 e. The third kappa shape index (κ3) is 6.75. The van der Waals surface area contributed by atoms with Crippen LogP contribution in [0, 0.1) is 0 Å². The molecule has 2 amide bonds. The van der Waals surface area contributed by atoms with Crippen LogP contribution in [0.4, 0.5) is 4.79 Å². The molecule has 6 heteroatoms. The van der Waals surface area contributed by atoms with Gasteiger partial charge in [-0.05, 0) is 18.1 Å². The van der Waals surface area contributed by atoms with E-state index in [1.165, 1.54) is 0 Å². The molecule has 0 radical (unpaired) electrons. The number of urea groups is 1. The lowest BCUT2D eigenvalue weighted by Crippen LogP contribution is -2.43. The number of carbonyl (C=O) groups is 1. The summed E-state index contributed by atoms with van der Waals surface area (Å²) >= 11 is 3.88. The van der Waals surface area contributed by atoms with E-state index in [0.717, 1.165) is 0 Å². The fourth-order valence-electron chi connectivity index (χ4n) is 0.863. The van der Waals surface area contributed by atoms with Crippen molar-refractivity contribution in [3.63, 3.8) is 0 Å². The molecular weight excluding hydrogens is 252 g/mol. The van der Waals surface area contributed by atoms with E-state index < -0.39 is 8.32 Å². The van der Waals surface area contributed by atoms with Crippen molar-refractivity contribution in [1.29, 1.82) is 0 Å². The van der Waals surface area contributed by atoms with Gasteiger partial charge in [-0.3, -0.25) is 0 Å². The Kier molecular flexibility index (Phi) is 6.29. The Bertz CT molecular complexity index is 288. The molecule has 0 saturated carbocycles. The molecule has 0 aliphatic heterocycles. The van der Waals surface area contributed by atoms with Gasteiger partial charge < -0.3 is 15.1 Å². The SMILES string of the molecule is C=C(S)NC(=O)NCCO[Si](C)(C)C(C)(C)C. The lowest BCUT2D eigenvalue weighted by Gasteiger charge is -2.36. The van der Waals surface area contributed by atoms with Crippen molar-refractivity contribution in [3.8, 4) is 0 Å². The van der Waals surface area contributed by atoms with Gasteiger partial charge in [-0.25, -0.2) is 4.79 Å². The van der Waals surface area contributed by atoms with Crippen LogP contribution < -0.4 is 10.6 Å². The van der Waals surface area contributed by atoms with E-state index in [2.05, 4.69) is 63.7 Å². The highest BCUT2D eigenvalue weighted by Crippen LogP contribution is 2.36. The maximum atomic E-state index is 11.2. The molecule has 4 nitrogen and oxygen atoms in total. The number of nitrogens with one attached hydrogen (secondary N) is 2. The highest BCUT2D eigenvalue weighted by molar-refractivity contribution is 7.84. The van der Waals surface area contributed by atoms with Gasteiger partial charge in [-0.2, -0.15) is 0 Å². The molecule has 100 valence electrons. The molecular formula is C11H24N2O2SSi. The summed E-state index contributed by atoms with van der Waals surface area (Å²) in [5.41, 5.74) is 0. The van der Waals surface area contributed by atoms with Gasteiger partial charge in [-0.1, -0.05) is 27.4 Å². The molecule has 0 rings (SSSR count). The number of rotatable bonds is 5. The predicted molar refractivity (Wildman–Crippen MR) is 77.8 cm³/mol. The van der Waals surface area contributed by atoms with Crippen LogP contribution in [0.25, 0.3) is 0 Å². The van der Waals surface area contributed by atoms with E-state index in [1.54, 1.807) is 0 Å². The number of hydrogen-bond acceptors (Lipinski definition) is 3. The fourth-order valence-corrected chi connectivity index (χ4v) is 2.01. The summed E-state index contributed by atoms with van der Waals surface area (Å²) in [5.74, 6) is 0. The normalized spacial score (nSPS) is 12.1. The number of hydrogen-bond donors (Lipinski definition) is 3. The van der Waals surface area contributed by atoms with Gasteiger partial charge in [0, 0.05) is 6.54 Å². The van der Waals surface area contributed by atoms with Gasteiger partial charge >= 0.3 is 6.03 Å². The summed E-state index contributed by atoms with van der Waals surface area (Å²) in [5, 5.41) is 5.64. The van der Waals surface area contributed by atoms with E-state index in [4.69, 9.17) is 4.43 Å². The third-order valence-corrected chi connectivity index (χ3v) is 7.56. The van der Waals surface area contributed by atoms with E-state index in [9.17, 15) is 4.79 Å². The highest BCUT2D eigenvalue weighted by Gasteiger charge is 2.36. The zero-order valence-corrected chi connectivity index (χ0v) is 13.3. The minimum atomic E-state index is -1.71. The molecule has 0 aliphatic carbocycles. The first-order valence-electron chi connectivity index (χ1n) is 5.63. The zero-order chi connectivity index (χ0) is 13.7. The van der Waals surface area contributed by atoms with Crippen molar-refractivity contribution in [2.24, 2.45) is 0 Å². The second-order valence-electron chi connectivity index (χ2n) is 5.44. The van der Waals surface area contributed by atoms with Crippen LogP contribution in [-0.4, -0.2) is 27.5 Å². The molecule has 0 aliphatic rings. The molecule has 0 aromatic rings. The minimum Gasteiger partial charge on any atom is -0.415 e. The number of carbonyl (C=O) groups excluding carboxylic acids is 1. The Morgan fingerprint density at radius 3 is 2.35 bits per heavy atom. The van der Waals surface area contributed by atoms with Crippen LogP contribution in [-0.2, 0) is 4.43 Å². The summed E-state index contributed by atoms with van der Waals surface area (Å²) in [6.07, 6.45) is 0. The van der Waals surface area contributed by atoms with Crippen LogP contribution in [0.15, 0.2) is 11.6 Å². The van der Waals surface area contributed by atoms with Gasteiger partial charge in [0.1, 0.15) is 0 Å². The Morgan fingerprint density at radius 1 is 1.41 bits per heavy atom. The summed E-state index contributed by atoms with van der Waals surface area (Å²) in [7, 11) is -1.71. The van der Waals surface area contributed by atoms with Crippen LogP contribution in [0.2, 0.25) is 18.1 Å². The van der Waals surface area contributed by atoms with Crippen molar-refractivity contribution < 1.29 is 9.22 Å². The van der Waals surface area contributed by atoms with E-state index >= 15 is 0 Å². The predicted octanol–water partition coefficient (Wildman–Crippen LogP) is 2.71. The summed E-state index contributed by atoms with van der Waals surface area (Å²) < 4.78 is 5.90. The summed E-state index contributed by atoms with van der Waals surface area (Å²) in [6.45, 7) is 15.4. The zero-order valence-electron chi connectivity index (χ0n) is 11.4. The third-order valence-electron chi connectivity index (χ3n) is 2.91. The molecule has 0 spiro atoms. The fraction of sp³-hybridized carbons (Fsp3) is 0.727. The second kappa shape index (κ2) is 6.46. The monoisotopic (exact) mass is 276 g/mol. The van der Waals surface area contributed by atoms with Crippen LogP contribution in [0.1, 0.15) is 20.8 Å². The van der Waals surface area contributed by atoms with Gasteiger partial charge in [0.25, 0.3) is 0 Å².